The molecule has 2 N–H and O–H groups in total. The molecule has 2 aromatic heterocycles. The third-order valence-corrected chi connectivity index (χ3v) is 6.74. The lowest BCUT2D eigenvalue weighted by molar-refractivity contribution is -0.139. The van der Waals surface area contributed by atoms with Crippen LogP contribution in [0.3, 0.4) is 0 Å². The molecule has 30 heavy (non-hydrogen) atoms. The summed E-state index contributed by atoms with van der Waals surface area (Å²) < 4.78 is 11.4. The number of rotatable bonds is 9. The molecule has 154 valence electrons. The summed E-state index contributed by atoms with van der Waals surface area (Å²) >= 11 is 2.21. The smallest absolute Gasteiger partial charge is 0.304 e. The standard InChI is InChI=1S/C20H16N2O6S2/c23-17(24)9-15(29-19-21-11-5-1-3-7-13(11)27-19)16(10-18(25)26)30-20-22-12-6-2-4-8-14(12)28-20/h1-8,15-16H,9-10H2,(H,23,24)(H,25,26). The van der Waals surface area contributed by atoms with Crippen LogP contribution >= 0.6 is 23.5 Å². The van der Waals surface area contributed by atoms with E-state index in [1.807, 2.05) is 24.3 Å². The first-order chi connectivity index (χ1) is 14.5. The maximum Gasteiger partial charge on any atom is 0.304 e. The minimum atomic E-state index is -1.04. The highest BCUT2D eigenvalue weighted by Gasteiger charge is 2.31. The summed E-state index contributed by atoms with van der Waals surface area (Å²) in [7, 11) is 0. The lowest BCUT2D eigenvalue weighted by atomic mass is 10.2. The number of aromatic nitrogens is 2. The summed E-state index contributed by atoms with van der Waals surface area (Å²) in [5, 5.41) is 18.1. The topological polar surface area (TPSA) is 127 Å². The summed E-state index contributed by atoms with van der Waals surface area (Å²) in [6, 6.07) is 14.4. The van der Waals surface area contributed by atoms with Gasteiger partial charge in [0.2, 0.25) is 0 Å². The van der Waals surface area contributed by atoms with Crippen molar-refractivity contribution in [3.05, 3.63) is 48.5 Å². The number of carboxylic acids is 2. The molecule has 0 bridgehead atoms. The van der Waals surface area contributed by atoms with Crippen molar-refractivity contribution in [3.63, 3.8) is 0 Å². The molecule has 0 saturated heterocycles. The molecule has 0 saturated carbocycles. The van der Waals surface area contributed by atoms with Gasteiger partial charge in [-0.05, 0) is 24.3 Å². The molecule has 2 aromatic carbocycles. The predicted octanol–water partition coefficient (Wildman–Crippen LogP) is 4.54. The van der Waals surface area contributed by atoms with Crippen LogP contribution in [0, 0.1) is 0 Å². The molecule has 0 radical (unpaired) electrons. The second-order valence-corrected chi connectivity index (χ2v) is 8.78. The molecule has 10 heteroatoms. The molecule has 0 spiro atoms. The SMILES string of the molecule is O=C(O)CC(Sc1nc2ccccc2o1)C(CC(=O)O)Sc1nc2ccccc2o1. The molecule has 4 aromatic rings. The van der Waals surface area contributed by atoms with Gasteiger partial charge >= 0.3 is 11.9 Å². The fraction of sp³-hybridized carbons (Fsp3) is 0.200. The molecular weight excluding hydrogens is 428 g/mol. The molecule has 8 nitrogen and oxygen atoms in total. The Morgan fingerprint density at radius 3 is 1.53 bits per heavy atom. The van der Waals surface area contributed by atoms with E-state index in [4.69, 9.17) is 8.83 Å². The van der Waals surface area contributed by atoms with Crippen LogP contribution in [0.15, 0.2) is 67.8 Å². The van der Waals surface area contributed by atoms with Crippen LogP contribution in [-0.4, -0.2) is 42.6 Å². The number of hydrogen-bond acceptors (Lipinski definition) is 8. The van der Waals surface area contributed by atoms with E-state index in [0.717, 1.165) is 23.5 Å². The predicted molar refractivity (Wildman–Crippen MR) is 112 cm³/mol. The molecule has 0 aliphatic heterocycles. The summed E-state index contributed by atoms with van der Waals surface area (Å²) in [6.07, 6.45) is -0.539. The first-order valence-electron chi connectivity index (χ1n) is 8.96. The minimum Gasteiger partial charge on any atom is -0.481 e. The zero-order chi connectivity index (χ0) is 21.1. The van der Waals surface area contributed by atoms with Crippen LogP contribution in [0.5, 0.6) is 0 Å². The van der Waals surface area contributed by atoms with Crippen LogP contribution in [0.25, 0.3) is 22.2 Å². The molecule has 0 amide bonds. The first-order valence-corrected chi connectivity index (χ1v) is 10.7. The van der Waals surface area contributed by atoms with E-state index in [1.165, 1.54) is 0 Å². The Labute approximate surface area is 178 Å². The van der Waals surface area contributed by atoms with Crippen molar-refractivity contribution in [1.29, 1.82) is 0 Å². The number of fused-ring (bicyclic) bond motifs is 2. The van der Waals surface area contributed by atoms with E-state index in [0.29, 0.717) is 22.2 Å². The third-order valence-electron chi connectivity index (χ3n) is 4.22. The van der Waals surface area contributed by atoms with Gasteiger partial charge in [0.05, 0.1) is 12.8 Å². The van der Waals surface area contributed by atoms with E-state index < -0.39 is 22.4 Å². The number of benzene rings is 2. The number of carboxylic acid groups (broad SMARTS) is 2. The average molecular weight is 444 g/mol. The van der Waals surface area contributed by atoms with Crippen molar-refractivity contribution in [2.75, 3.05) is 0 Å². The number of oxazole rings is 2. The summed E-state index contributed by atoms with van der Waals surface area (Å²) in [6.45, 7) is 0. The number of hydrogen-bond donors (Lipinski definition) is 2. The number of carbonyl (C=O) groups is 2. The average Bonchev–Trinajstić information content (AvgIpc) is 3.28. The van der Waals surface area contributed by atoms with Gasteiger partial charge in [0, 0.05) is 10.5 Å². The highest BCUT2D eigenvalue weighted by molar-refractivity contribution is 8.03. The zero-order valence-corrected chi connectivity index (χ0v) is 17.1. The van der Waals surface area contributed by atoms with Gasteiger partial charge in [0.15, 0.2) is 11.2 Å². The van der Waals surface area contributed by atoms with Gasteiger partial charge < -0.3 is 19.0 Å². The lowest BCUT2D eigenvalue weighted by Gasteiger charge is -2.21. The Morgan fingerprint density at radius 1 is 0.767 bits per heavy atom. The van der Waals surface area contributed by atoms with Gasteiger partial charge in [-0.2, -0.15) is 0 Å². The molecular formula is C20H16N2O6S2. The van der Waals surface area contributed by atoms with Gasteiger partial charge in [-0.25, -0.2) is 9.97 Å². The molecule has 2 heterocycles. The Bertz CT molecular complexity index is 1040. The van der Waals surface area contributed by atoms with Crippen molar-refractivity contribution < 1.29 is 28.6 Å². The second-order valence-electron chi connectivity index (χ2n) is 6.40. The normalized spacial score (nSPS) is 13.5. The van der Waals surface area contributed by atoms with Crippen LogP contribution in [0.4, 0.5) is 0 Å². The largest absolute Gasteiger partial charge is 0.481 e. The van der Waals surface area contributed by atoms with Crippen molar-refractivity contribution >= 4 is 57.7 Å². The Balaban J connectivity index is 1.62. The lowest BCUT2D eigenvalue weighted by Crippen LogP contribution is -2.26. The fourth-order valence-electron chi connectivity index (χ4n) is 2.90. The van der Waals surface area contributed by atoms with E-state index in [1.54, 1.807) is 24.3 Å². The molecule has 2 unspecified atom stereocenters. The van der Waals surface area contributed by atoms with Gasteiger partial charge in [0.1, 0.15) is 11.0 Å². The minimum absolute atomic E-state index is 0.269. The molecule has 0 aliphatic rings. The number of thioether (sulfide) groups is 2. The zero-order valence-electron chi connectivity index (χ0n) is 15.4. The highest BCUT2D eigenvalue weighted by Crippen LogP contribution is 2.39. The van der Waals surface area contributed by atoms with E-state index in [9.17, 15) is 19.8 Å². The molecule has 4 rings (SSSR count). The van der Waals surface area contributed by atoms with Crippen molar-refractivity contribution in [2.24, 2.45) is 0 Å². The van der Waals surface area contributed by atoms with Crippen LogP contribution in [0.2, 0.25) is 0 Å². The van der Waals surface area contributed by atoms with Gasteiger partial charge in [0.25, 0.3) is 10.4 Å². The highest BCUT2D eigenvalue weighted by atomic mass is 32.2. The first kappa shape index (κ1) is 20.3. The fourth-order valence-corrected chi connectivity index (χ4v) is 5.28. The van der Waals surface area contributed by atoms with E-state index in [-0.39, 0.29) is 23.3 Å². The van der Waals surface area contributed by atoms with Crippen molar-refractivity contribution in [3.8, 4) is 0 Å². The van der Waals surface area contributed by atoms with Crippen molar-refractivity contribution in [1.82, 2.24) is 9.97 Å². The third kappa shape index (κ3) is 4.77. The van der Waals surface area contributed by atoms with Crippen LogP contribution in [-0.2, 0) is 9.59 Å². The van der Waals surface area contributed by atoms with Crippen molar-refractivity contribution in [2.45, 2.75) is 33.8 Å². The van der Waals surface area contributed by atoms with Gasteiger partial charge in [-0.15, -0.1) is 0 Å². The van der Waals surface area contributed by atoms with Gasteiger partial charge in [-0.1, -0.05) is 47.8 Å². The summed E-state index contributed by atoms with van der Waals surface area (Å²) in [5.41, 5.74) is 2.46. The summed E-state index contributed by atoms with van der Waals surface area (Å²) in [5.74, 6) is -2.09. The second kappa shape index (κ2) is 8.80. The monoisotopic (exact) mass is 444 g/mol. The van der Waals surface area contributed by atoms with E-state index in [2.05, 4.69) is 9.97 Å². The molecule has 0 fully saturated rings. The molecule has 0 aliphatic carbocycles. The van der Waals surface area contributed by atoms with Crippen LogP contribution in [0.1, 0.15) is 12.8 Å². The van der Waals surface area contributed by atoms with Crippen LogP contribution < -0.4 is 0 Å². The summed E-state index contributed by atoms with van der Waals surface area (Å²) in [4.78, 5) is 31.7. The quantitative estimate of drug-likeness (QED) is 0.355. The number of aliphatic carboxylic acids is 2. The maximum atomic E-state index is 11.5. The van der Waals surface area contributed by atoms with E-state index >= 15 is 0 Å². The Morgan fingerprint density at radius 2 is 1.17 bits per heavy atom. The molecule has 2 atom stereocenters. The Hall–Kier alpha value is -2.98. The maximum absolute atomic E-state index is 11.5. The number of para-hydroxylation sites is 4. The number of nitrogens with zero attached hydrogens (tertiary/aromatic N) is 2. The van der Waals surface area contributed by atoms with Gasteiger partial charge in [-0.3, -0.25) is 9.59 Å². The Kier molecular flexibility index (Phi) is 5.96.